The van der Waals surface area contributed by atoms with Crippen LogP contribution >= 0.6 is 0 Å². The molecule has 0 saturated heterocycles. The Bertz CT molecular complexity index is 936. The molecule has 2 heterocycles. The van der Waals surface area contributed by atoms with E-state index in [-0.39, 0.29) is 17.3 Å². The molecule has 8 heteroatoms. The van der Waals surface area contributed by atoms with Crippen molar-refractivity contribution in [1.29, 1.82) is 0 Å². The number of amides is 1. The number of halogens is 1. The van der Waals surface area contributed by atoms with Crippen molar-refractivity contribution in [3.8, 4) is 0 Å². The van der Waals surface area contributed by atoms with Crippen LogP contribution < -0.4 is 5.32 Å². The van der Waals surface area contributed by atoms with E-state index in [2.05, 4.69) is 20.3 Å². The van der Waals surface area contributed by atoms with Crippen LogP contribution in [-0.4, -0.2) is 38.0 Å². The molecule has 4 fully saturated rings. The molecule has 7 nitrogen and oxygen atoms in total. The van der Waals surface area contributed by atoms with Crippen LogP contribution in [0.15, 0.2) is 36.9 Å². The molecule has 2 atom stereocenters. The second kappa shape index (κ2) is 6.57. The smallest absolute Gasteiger partial charge is 0.357 e. The lowest BCUT2D eigenvalue weighted by atomic mass is 9.51. The summed E-state index contributed by atoms with van der Waals surface area (Å²) < 4.78 is 19.1. The Kier molecular flexibility index (Phi) is 4.11. The van der Waals surface area contributed by atoms with E-state index in [0.717, 1.165) is 38.3 Å². The highest BCUT2D eigenvalue weighted by Crippen LogP contribution is 2.59. The number of rotatable bonds is 4. The number of carbonyl (C=O) groups is 2. The zero-order valence-electron chi connectivity index (χ0n) is 15.8. The molecule has 150 valence electrons. The minimum atomic E-state index is -0.588. The van der Waals surface area contributed by atoms with Gasteiger partial charge in [-0.2, -0.15) is 0 Å². The van der Waals surface area contributed by atoms with Crippen LogP contribution in [0.2, 0.25) is 0 Å². The topological polar surface area (TPSA) is 94.1 Å². The van der Waals surface area contributed by atoms with Crippen molar-refractivity contribution in [3.05, 3.63) is 54.1 Å². The van der Waals surface area contributed by atoms with Crippen molar-refractivity contribution in [2.45, 2.75) is 49.7 Å². The predicted octanol–water partition coefficient (Wildman–Crippen LogP) is 2.69. The molecule has 4 saturated carbocycles. The normalized spacial score (nSPS) is 32.0. The molecule has 0 spiro atoms. The summed E-state index contributed by atoms with van der Waals surface area (Å²) in [5, 5.41) is 3.16. The maximum Gasteiger partial charge on any atom is 0.357 e. The molecule has 4 aliphatic rings. The number of hydrogen-bond acceptors (Lipinski definition) is 6. The third-order valence-electron chi connectivity index (χ3n) is 6.45. The molecule has 2 unspecified atom stereocenters. The fourth-order valence-electron chi connectivity index (χ4n) is 5.92. The zero-order valence-corrected chi connectivity index (χ0v) is 15.8. The van der Waals surface area contributed by atoms with Crippen molar-refractivity contribution in [2.75, 3.05) is 0 Å². The number of aromatic nitrogens is 3. The summed E-state index contributed by atoms with van der Waals surface area (Å²) in [6.45, 7) is 0. The quantitative estimate of drug-likeness (QED) is 0.799. The van der Waals surface area contributed by atoms with Crippen LogP contribution in [0.25, 0.3) is 0 Å². The van der Waals surface area contributed by atoms with E-state index in [1.807, 2.05) is 0 Å². The van der Waals surface area contributed by atoms with Crippen LogP contribution in [0.1, 0.15) is 59.5 Å². The molecule has 0 aliphatic heterocycles. The highest BCUT2D eigenvalue weighted by Gasteiger charge is 2.60. The molecule has 29 heavy (non-hydrogen) atoms. The summed E-state index contributed by atoms with van der Waals surface area (Å²) in [5.41, 5.74) is -0.586. The van der Waals surface area contributed by atoms with Crippen LogP contribution in [0.3, 0.4) is 0 Å². The summed E-state index contributed by atoms with van der Waals surface area (Å²) in [6, 6.07) is 4.16. The van der Waals surface area contributed by atoms with Gasteiger partial charge in [0.15, 0.2) is 5.69 Å². The molecule has 2 aromatic heterocycles. The van der Waals surface area contributed by atoms with Gasteiger partial charge in [0.25, 0.3) is 5.91 Å². The standard InChI is InChI=1S/C21H21FN4O3/c22-15-1-2-16(24-10-15)18(27)26-20-6-13-5-14(7-20)9-21(8-13,11-20)29-19(28)17-3-4-23-12-25-17/h1-4,10,12-14H,5-9,11H2,(H,26,27). The van der Waals surface area contributed by atoms with Crippen LogP contribution in [-0.2, 0) is 4.74 Å². The minimum Gasteiger partial charge on any atom is -0.454 e. The lowest BCUT2D eigenvalue weighted by molar-refractivity contribution is -0.144. The second-order valence-electron chi connectivity index (χ2n) is 8.72. The molecule has 6 rings (SSSR count). The highest BCUT2D eigenvalue weighted by molar-refractivity contribution is 5.92. The SMILES string of the molecule is O=C(NC12CC3CC(C1)CC(OC(=O)c1ccncn1)(C3)C2)c1ccc(F)cn1. The number of pyridine rings is 1. The van der Waals surface area contributed by atoms with Crippen molar-refractivity contribution in [2.24, 2.45) is 11.8 Å². The second-order valence-corrected chi connectivity index (χ2v) is 8.72. The Labute approximate surface area is 167 Å². The predicted molar refractivity (Wildman–Crippen MR) is 99.3 cm³/mol. The van der Waals surface area contributed by atoms with Gasteiger partial charge in [0.1, 0.15) is 23.4 Å². The van der Waals surface area contributed by atoms with E-state index in [0.29, 0.717) is 18.3 Å². The van der Waals surface area contributed by atoms with E-state index in [1.54, 1.807) is 6.07 Å². The molecule has 0 radical (unpaired) electrons. The van der Waals surface area contributed by atoms with E-state index in [4.69, 9.17) is 4.74 Å². The van der Waals surface area contributed by atoms with Gasteiger partial charge in [-0.15, -0.1) is 0 Å². The maximum atomic E-state index is 13.1. The first-order valence-corrected chi connectivity index (χ1v) is 9.88. The first-order valence-electron chi connectivity index (χ1n) is 9.88. The lowest BCUT2D eigenvalue weighted by Crippen LogP contribution is -2.66. The highest BCUT2D eigenvalue weighted by atomic mass is 19.1. The Morgan fingerprint density at radius 2 is 1.86 bits per heavy atom. The monoisotopic (exact) mass is 396 g/mol. The van der Waals surface area contributed by atoms with Gasteiger partial charge in [0.05, 0.1) is 6.20 Å². The van der Waals surface area contributed by atoms with Crippen molar-refractivity contribution in [1.82, 2.24) is 20.3 Å². The Hall–Kier alpha value is -2.90. The number of hydrogen-bond donors (Lipinski definition) is 1. The Morgan fingerprint density at radius 1 is 1.07 bits per heavy atom. The Balaban J connectivity index is 1.37. The van der Waals surface area contributed by atoms with Gasteiger partial charge >= 0.3 is 5.97 Å². The molecule has 0 aromatic carbocycles. The molecule has 1 amide bonds. The molecule has 1 N–H and O–H groups in total. The number of esters is 1. The summed E-state index contributed by atoms with van der Waals surface area (Å²) >= 11 is 0. The lowest BCUT2D eigenvalue weighted by Gasteiger charge is -2.61. The van der Waals surface area contributed by atoms with Gasteiger partial charge in [-0.1, -0.05) is 0 Å². The van der Waals surface area contributed by atoms with Crippen LogP contribution in [0.5, 0.6) is 0 Å². The third-order valence-corrected chi connectivity index (χ3v) is 6.45. The van der Waals surface area contributed by atoms with Gasteiger partial charge in [0.2, 0.25) is 0 Å². The van der Waals surface area contributed by atoms with E-state index in [9.17, 15) is 14.0 Å². The van der Waals surface area contributed by atoms with E-state index < -0.39 is 22.9 Å². The molecular weight excluding hydrogens is 375 g/mol. The molecule has 4 bridgehead atoms. The largest absolute Gasteiger partial charge is 0.454 e. The summed E-state index contributed by atoms with van der Waals surface area (Å²) in [4.78, 5) is 37.2. The van der Waals surface area contributed by atoms with Gasteiger partial charge in [-0.05, 0) is 62.1 Å². The minimum absolute atomic E-state index is 0.189. The molecule has 2 aromatic rings. The van der Waals surface area contributed by atoms with Gasteiger partial charge in [-0.25, -0.2) is 24.1 Å². The molecular formula is C21H21FN4O3. The maximum absolute atomic E-state index is 13.1. The van der Waals surface area contributed by atoms with Crippen molar-refractivity contribution < 1.29 is 18.7 Å². The third kappa shape index (κ3) is 3.36. The number of ether oxygens (including phenoxy) is 1. The Morgan fingerprint density at radius 3 is 2.52 bits per heavy atom. The van der Waals surface area contributed by atoms with Gasteiger partial charge < -0.3 is 10.1 Å². The first-order chi connectivity index (χ1) is 13.9. The fraction of sp³-hybridized carbons (Fsp3) is 0.476. The first kappa shape index (κ1) is 18.1. The van der Waals surface area contributed by atoms with Crippen LogP contribution in [0.4, 0.5) is 4.39 Å². The van der Waals surface area contributed by atoms with Crippen molar-refractivity contribution in [3.63, 3.8) is 0 Å². The van der Waals surface area contributed by atoms with Gasteiger partial charge in [-0.3, -0.25) is 4.79 Å². The van der Waals surface area contributed by atoms with E-state index in [1.165, 1.54) is 24.7 Å². The van der Waals surface area contributed by atoms with Crippen LogP contribution in [0, 0.1) is 17.7 Å². The van der Waals surface area contributed by atoms with Gasteiger partial charge in [0, 0.05) is 18.2 Å². The van der Waals surface area contributed by atoms with E-state index >= 15 is 0 Å². The number of carbonyl (C=O) groups excluding carboxylic acids is 2. The summed E-state index contributed by atoms with van der Waals surface area (Å²) in [6.07, 6.45) is 8.91. The fourth-order valence-corrected chi connectivity index (χ4v) is 5.92. The zero-order chi connectivity index (χ0) is 20.1. The number of nitrogens with one attached hydrogen (secondary N) is 1. The summed E-state index contributed by atoms with van der Waals surface area (Å²) in [7, 11) is 0. The summed E-state index contributed by atoms with van der Waals surface area (Å²) in [5.74, 6) is -0.445. The van der Waals surface area contributed by atoms with Crippen molar-refractivity contribution >= 4 is 11.9 Å². The average molecular weight is 396 g/mol. The number of nitrogens with zero attached hydrogens (tertiary/aromatic N) is 3. The molecule has 4 aliphatic carbocycles. The average Bonchev–Trinajstić information content (AvgIpc) is 2.67.